The lowest BCUT2D eigenvalue weighted by Crippen LogP contribution is -2.16. The third kappa shape index (κ3) is 5.52. The normalized spacial score (nSPS) is 10.7. The maximum atomic E-state index is 12.7. The lowest BCUT2D eigenvalue weighted by atomic mass is 9.98. The van der Waals surface area contributed by atoms with E-state index in [0.29, 0.717) is 16.5 Å². The molecule has 3 rings (SSSR count). The highest BCUT2D eigenvalue weighted by Gasteiger charge is 2.23. The minimum Gasteiger partial charge on any atom is -0.497 e. The maximum Gasteiger partial charge on any atom is 0.341 e. The van der Waals surface area contributed by atoms with Crippen LogP contribution in [0.1, 0.15) is 48.2 Å². The molecule has 5 nitrogen and oxygen atoms in total. The first kappa shape index (κ1) is 22.6. The van der Waals surface area contributed by atoms with Crippen LogP contribution >= 0.6 is 11.3 Å². The van der Waals surface area contributed by atoms with Crippen molar-refractivity contribution in [1.82, 2.24) is 0 Å². The van der Waals surface area contributed by atoms with Crippen molar-refractivity contribution < 1.29 is 19.1 Å². The van der Waals surface area contributed by atoms with E-state index in [2.05, 4.69) is 31.3 Å². The number of carbonyl (C=O) groups is 2. The van der Waals surface area contributed by atoms with Gasteiger partial charge in [-0.2, -0.15) is 0 Å². The monoisotopic (exact) mass is 437 g/mol. The molecule has 0 aliphatic carbocycles. The van der Waals surface area contributed by atoms with Crippen molar-refractivity contribution in [3.05, 3.63) is 70.6 Å². The summed E-state index contributed by atoms with van der Waals surface area (Å²) in [6, 6.07) is 15.5. The highest BCUT2D eigenvalue weighted by atomic mass is 32.1. The topological polar surface area (TPSA) is 64.6 Å². The molecule has 0 fully saturated rings. The molecule has 1 N–H and O–H groups in total. The Morgan fingerprint density at radius 1 is 1.03 bits per heavy atom. The van der Waals surface area contributed by atoms with Gasteiger partial charge >= 0.3 is 5.97 Å². The van der Waals surface area contributed by atoms with E-state index in [1.165, 1.54) is 16.9 Å². The molecule has 6 heteroatoms. The molecule has 0 saturated heterocycles. The van der Waals surface area contributed by atoms with Gasteiger partial charge in [0.15, 0.2) is 0 Å². The summed E-state index contributed by atoms with van der Waals surface area (Å²) in [5.74, 6) is 0.527. The molecular formula is C25H27NO4S. The second-order valence-electron chi connectivity index (χ2n) is 7.42. The number of rotatable bonds is 8. The average Bonchev–Trinajstić information content (AvgIpc) is 3.18. The smallest absolute Gasteiger partial charge is 0.341 e. The Labute approximate surface area is 187 Å². The van der Waals surface area contributed by atoms with Gasteiger partial charge in [-0.15, -0.1) is 11.3 Å². The van der Waals surface area contributed by atoms with Gasteiger partial charge in [-0.1, -0.05) is 50.2 Å². The molecular weight excluding hydrogens is 410 g/mol. The fourth-order valence-corrected chi connectivity index (χ4v) is 4.19. The molecule has 2 aromatic carbocycles. The Hall–Kier alpha value is -3.12. The van der Waals surface area contributed by atoms with E-state index in [1.54, 1.807) is 14.0 Å². The molecule has 0 bridgehead atoms. The molecule has 1 amide bonds. The van der Waals surface area contributed by atoms with Crippen LogP contribution in [0.4, 0.5) is 5.00 Å². The van der Waals surface area contributed by atoms with Crippen molar-refractivity contribution in [3.63, 3.8) is 0 Å². The van der Waals surface area contributed by atoms with E-state index in [4.69, 9.17) is 9.47 Å². The molecule has 1 aromatic heterocycles. The van der Waals surface area contributed by atoms with Crippen LogP contribution in [-0.4, -0.2) is 25.6 Å². The van der Waals surface area contributed by atoms with E-state index in [-0.39, 0.29) is 18.9 Å². The molecule has 162 valence electrons. The molecule has 0 unspecified atom stereocenters. The van der Waals surface area contributed by atoms with Gasteiger partial charge in [0.25, 0.3) is 0 Å². The van der Waals surface area contributed by atoms with Crippen molar-refractivity contribution in [2.45, 2.75) is 33.1 Å². The van der Waals surface area contributed by atoms with E-state index >= 15 is 0 Å². The molecule has 0 radical (unpaired) electrons. The third-order valence-electron chi connectivity index (χ3n) is 4.94. The number of benzene rings is 2. The molecule has 0 saturated carbocycles. The van der Waals surface area contributed by atoms with Crippen LogP contribution in [0.2, 0.25) is 0 Å². The summed E-state index contributed by atoms with van der Waals surface area (Å²) in [7, 11) is 1.60. The SMILES string of the molecule is CCOC(=O)c1c(-c2ccc(C(C)C)cc2)csc1NC(=O)Cc1ccc(OC)cc1. The van der Waals surface area contributed by atoms with Gasteiger partial charge in [0.2, 0.25) is 5.91 Å². The lowest BCUT2D eigenvalue weighted by molar-refractivity contribution is -0.115. The van der Waals surface area contributed by atoms with Gasteiger partial charge in [-0.25, -0.2) is 4.79 Å². The van der Waals surface area contributed by atoms with Gasteiger partial charge in [-0.3, -0.25) is 4.79 Å². The quantitative estimate of drug-likeness (QED) is 0.445. The first-order valence-corrected chi connectivity index (χ1v) is 11.1. The fraction of sp³-hybridized carbons (Fsp3) is 0.280. The number of carbonyl (C=O) groups excluding carboxylic acids is 2. The number of esters is 1. The Kier molecular flexibility index (Phi) is 7.47. The van der Waals surface area contributed by atoms with Crippen molar-refractivity contribution in [2.24, 2.45) is 0 Å². The maximum absolute atomic E-state index is 12.7. The van der Waals surface area contributed by atoms with Gasteiger partial charge in [0.1, 0.15) is 16.3 Å². The number of hydrogen-bond acceptors (Lipinski definition) is 5. The number of ether oxygens (including phenoxy) is 2. The Balaban J connectivity index is 1.85. The second kappa shape index (κ2) is 10.3. The van der Waals surface area contributed by atoms with Crippen LogP contribution in [0.25, 0.3) is 11.1 Å². The molecule has 0 atom stereocenters. The Morgan fingerprint density at radius 3 is 2.29 bits per heavy atom. The number of anilines is 1. The van der Waals surface area contributed by atoms with Crippen molar-refractivity contribution >= 4 is 28.2 Å². The molecule has 3 aromatic rings. The Morgan fingerprint density at radius 2 is 1.71 bits per heavy atom. The van der Waals surface area contributed by atoms with E-state index in [0.717, 1.165) is 22.4 Å². The Bertz CT molecular complexity index is 1040. The van der Waals surface area contributed by atoms with Crippen LogP contribution in [-0.2, 0) is 16.0 Å². The number of amides is 1. The summed E-state index contributed by atoms with van der Waals surface area (Å²) in [5, 5.41) is 5.28. The van der Waals surface area contributed by atoms with E-state index < -0.39 is 5.97 Å². The molecule has 0 spiro atoms. The third-order valence-corrected chi connectivity index (χ3v) is 5.83. The summed E-state index contributed by atoms with van der Waals surface area (Å²) >= 11 is 1.33. The van der Waals surface area contributed by atoms with Crippen molar-refractivity contribution in [1.29, 1.82) is 0 Å². The minimum absolute atomic E-state index is 0.195. The van der Waals surface area contributed by atoms with Crippen LogP contribution in [0.15, 0.2) is 53.9 Å². The van der Waals surface area contributed by atoms with Crippen molar-refractivity contribution in [2.75, 3.05) is 19.0 Å². The summed E-state index contributed by atoms with van der Waals surface area (Å²) in [5.41, 5.74) is 4.16. The first-order chi connectivity index (χ1) is 14.9. The zero-order valence-corrected chi connectivity index (χ0v) is 19.0. The van der Waals surface area contributed by atoms with Crippen LogP contribution in [0.3, 0.4) is 0 Å². The largest absolute Gasteiger partial charge is 0.497 e. The lowest BCUT2D eigenvalue weighted by Gasteiger charge is -2.10. The van der Waals surface area contributed by atoms with Gasteiger partial charge in [-0.05, 0) is 41.7 Å². The van der Waals surface area contributed by atoms with Gasteiger partial charge in [0.05, 0.1) is 20.1 Å². The minimum atomic E-state index is -0.438. The summed E-state index contributed by atoms with van der Waals surface area (Å²) < 4.78 is 10.4. The average molecular weight is 438 g/mol. The highest BCUT2D eigenvalue weighted by molar-refractivity contribution is 7.15. The summed E-state index contributed by atoms with van der Waals surface area (Å²) in [4.78, 5) is 25.4. The molecule has 1 heterocycles. The van der Waals surface area contributed by atoms with E-state index in [1.807, 2.05) is 41.8 Å². The van der Waals surface area contributed by atoms with Crippen LogP contribution < -0.4 is 10.1 Å². The van der Waals surface area contributed by atoms with Gasteiger partial charge < -0.3 is 14.8 Å². The van der Waals surface area contributed by atoms with Gasteiger partial charge in [0, 0.05) is 10.9 Å². The zero-order valence-electron chi connectivity index (χ0n) is 18.2. The predicted octanol–water partition coefficient (Wildman–Crippen LogP) is 5.91. The number of methoxy groups -OCH3 is 1. The number of thiophene rings is 1. The van der Waals surface area contributed by atoms with Crippen LogP contribution in [0.5, 0.6) is 5.75 Å². The molecule has 31 heavy (non-hydrogen) atoms. The second-order valence-corrected chi connectivity index (χ2v) is 8.30. The zero-order chi connectivity index (χ0) is 22.4. The van der Waals surface area contributed by atoms with E-state index in [9.17, 15) is 9.59 Å². The highest BCUT2D eigenvalue weighted by Crippen LogP contribution is 2.37. The van der Waals surface area contributed by atoms with Crippen molar-refractivity contribution in [3.8, 4) is 16.9 Å². The standard InChI is InChI=1S/C25H27NO4S/c1-5-30-25(28)23-21(19-10-8-18(9-11-19)16(2)3)15-31-24(23)26-22(27)14-17-6-12-20(29-4)13-7-17/h6-13,15-16H,5,14H2,1-4H3,(H,26,27). The molecule has 0 aliphatic heterocycles. The predicted molar refractivity (Wildman–Crippen MR) is 125 cm³/mol. The van der Waals surface area contributed by atoms with Crippen LogP contribution in [0, 0.1) is 0 Å². The number of hydrogen-bond donors (Lipinski definition) is 1. The molecule has 0 aliphatic rings. The fourth-order valence-electron chi connectivity index (χ4n) is 3.22. The summed E-state index contributed by atoms with van der Waals surface area (Å²) in [6.07, 6.45) is 0.197. The summed E-state index contributed by atoms with van der Waals surface area (Å²) in [6.45, 7) is 6.31. The number of nitrogens with one attached hydrogen (secondary N) is 1. The first-order valence-electron chi connectivity index (χ1n) is 10.2.